The molecule has 21 heavy (non-hydrogen) atoms. The number of nitrogens with one attached hydrogen (secondary N) is 2. The summed E-state index contributed by atoms with van der Waals surface area (Å²) in [6, 6.07) is 15.7. The summed E-state index contributed by atoms with van der Waals surface area (Å²) < 4.78 is 5.12. The first-order valence-corrected chi connectivity index (χ1v) is 6.99. The molecule has 110 valence electrons. The molecule has 0 unspecified atom stereocenters. The Morgan fingerprint density at radius 3 is 1.81 bits per heavy atom. The first-order chi connectivity index (χ1) is 10.1. The third-order valence-electron chi connectivity index (χ3n) is 2.99. The Hall–Kier alpha value is -2.27. The zero-order chi connectivity index (χ0) is 15.2. The van der Waals surface area contributed by atoms with Crippen LogP contribution in [0.4, 0.5) is 17.1 Å². The normalized spacial score (nSPS) is 9.86. The summed E-state index contributed by atoms with van der Waals surface area (Å²) in [4.78, 5) is 2.05. The fourth-order valence-electron chi connectivity index (χ4n) is 1.81. The zero-order valence-electron chi connectivity index (χ0n) is 12.4. The molecule has 2 aromatic carbocycles. The second-order valence-corrected chi connectivity index (χ2v) is 5.16. The summed E-state index contributed by atoms with van der Waals surface area (Å²) in [5.74, 6) is 0.818. The van der Waals surface area contributed by atoms with Crippen molar-refractivity contribution in [2.75, 3.05) is 36.7 Å². The molecule has 4 nitrogen and oxygen atoms in total. The Morgan fingerprint density at radius 1 is 0.905 bits per heavy atom. The van der Waals surface area contributed by atoms with Crippen molar-refractivity contribution in [2.45, 2.75) is 0 Å². The summed E-state index contributed by atoms with van der Waals surface area (Å²) in [5.41, 5.74) is 3.01. The van der Waals surface area contributed by atoms with Gasteiger partial charge in [-0.2, -0.15) is 0 Å². The molecule has 0 aliphatic carbocycles. The maximum absolute atomic E-state index is 5.30. The van der Waals surface area contributed by atoms with E-state index >= 15 is 0 Å². The highest BCUT2D eigenvalue weighted by Gasteiger charge is 2.00. The number of hydrogen-bond donors (Lipinski definition) is 2. The van der Waals surface area contributed by atoms with E-state index in [9.17, 15) is 0 Å². The van der Waals surface area contributed by atoms with Crippen LogP contribution in [-0.2, 0) is 0 Å². The molecule has 0 radical (unpaired) electrons. The van der Waals surface area contributed by atoms with Crippen molar-refractivity contribution < 1.29 is 4.74 Å². The summed E-state index contributed by atoms with van der Waals surface area (Å²) in [6.45, 7) is 0. The van der Waals surface area contributed by atoms with Crippen molar-refractivity contribution in [1.82, 2.24) is 0 Å². The van der Waals surface area contributed by atoms with E-state index in [2.05, 4.69) is 15.5 Å². The van der Waals surface area contributed by atoms with Gasteiger partial charge in [-0.3, -0.25) is 0 Å². The summed E-state index contributed by atoms with van der Waals surface area (Å²) >= 11 is 5.30. The van der Waals surface area contributed by atoms with Crippen LogP contribution < -0.4 is 20.3 Å². The van der Waals surface area contributed by atoms with Crippen LogP contribution in [0.15, 0.2) is 48.5 Å². The molecule has 0 fully saturated rings. The maximum Gasteiger partial charge on any atom is 0.175 e. The van der Waals surface area contributed by atoms with Crippen LogP contribution in [0.1, 0.15) is 0 Å². The zero-order valence-corrected chi connectivity index (χ0v) is 13.2. The SMILES string of the molecule is COc1ccc(NC(=S)Nc2ccc(N(C)C)cc2)cc1. The van der Waals surface area contributed by atoms with Crippen molar-refractivity contribution in [2.24, 2.45) is 0 Å². The minimum atomic E-state index is 0.553. The Labute approximate surface area is 130 Å². The summed E-state index contributed by atoms with van der Waals surface area (Å²) in [5, 5.41) is 6.84. The second-order valence-electron chi connectivity index (χ2n) is 4.75. The largest absolute Gasteiger partial charge is 0.497 e. The number of methoxy groups -OCH3 is 1. The van der Waals surface area contributed by atoms with Crippen LogP contribution in [0.3, 0.4) is 0 Å². The van der Waals surface area contributed by atoms with Gasteiger partial charge in [-0.1, -0.05) is 0 Å². The Bertz CT molecular complexity index is 594. The van der Waals surface area contributed by atoms with Crippen LogP contribution >= 0.6 is 12.2 Å². The number of hydrogen-bond acceptors (Lipinski definition) is 3. The highest BCUT2D eigenvalue weighted by atomic mass is 32.1. The lowest BCUT2D eigenvalue weighted by atomic mass is 10.2. The highest BCUT2D eigenvalue weighted by Crippen LogP contribution is 2.17. The minimum absolute atomic E-state index is 0.553. The van der Waals surface area contributed by atoms with Crippen LogP contribution in [0, 0.1) is 0 Å². The molecule has 5 heteroatoms. The Balaban J connectivity index is 1.94. The Kier molecular flexibility index (Phi) is 5.00. The lowest BCUT2D eigenvalue weighted by Gasteiger charge is -2.14. The van der Waals surface area contributed by atoms with E-state index in [1.807, 2.05) is 62.6 Å². The predicted molar refractivity (Wildman–Crippen MR) is 93.6 cm³/mol. The van der Waals surface area contributed by atoms with Gasteiger partial charge in [0.2, 0.25) is 0 Å². The molecule has 0 bridgehead atoms. The standard InChI is InChI=1S/C16H19N3OS/c1-19(2)14-8-4-12(5-9-14)17-16(21)18-13-6-10-15(20-3)11-7-13/h4-11H,1-3H3,(H2,17,18,21). The van der Waals surface area contributed by atoms with Gasteiger partial charge in [-0.15, -0.1) is 0 Å². The van der Waals surface area contributed by atoms with Crippen molar-refractivity contribution in [1.29, 1.82) is 0 Å². The van der Waals surface area contributed by atoms with Crippen molar-refractivity contribution in [3.8, 4) is 5.75 Å². The van der Waals surface area contributed by atoms with E-state index < -0.39 is 0 Å². The molecule has 0 atom stereocenters. The van der Waals surface area contributed by atoms with Gasteiger partial charge in [0, 0.05) is 31.2 Å². The van der Waals surface area contributed by atoms with E-state index in [1.54, 1.807) is 7.11 Å². The molecule has 2 N–H and O–H groups in total. The van der Waals surface area contributed by atoms with Crippen LogP contribution in [-0.4, -0.2) is 26.3 Å². The average Bonchev–Trinajstić information content (AvgIpc) is 2.48. The average molecular weight is 301 g/mol. The molecule has 0 aliphatic rings. The van der Waals surface area contributed by atoms with Crippen LogP contribution in [0.2, 0.25) is 0 Å². The van der Waals surface area contributed by atoms with Crippen molar-refractivity contribution >= 4 is 34.4 Å². The minimum Gasteiger partial charge on any atom is -0.497 e. The van der Waals surface area contributed by atoms with E-state index in [4.69, 9.17) is 17.0 Å². The number of thiocarbonyl (C=S) groups is 1. The molecule has 0 heterocycles. The molecule has 0 saturated heterocycles. The molecule has 0 aromatic heterocycles. The topological polar surface area (TPSA) is 36.5 Å². The third-order valence-corrected chi connectivity index (χ3v) is 3.19. The lowest BCUT2D eigenvalue weighted by molar-refractivity contribution is 0.415. The number of ether oxygens (including phenoxy) is 1. The van der Waals surface area contributed by atoms with Gasteiger partial charge in [0.15, 0.2) is 5.11 Å². The fraction of sp³-hybridized carbons (Fsp3) is 0.188. The van der Waals surface area contributed by atoms with Crippen LogP contribution in [0.5, 0.6) is 5.75 Å². The van der Waals surface area contributed by atoms with Gasteiger partial charge < -0.3 is 20.3 Å². The second kappa shape index (κ2) is 6.95. The van der Waals surface area contributed by atoms with Gasteiger partial charge >= 0.3 is 0 Å². The molecule has 0 saturated carbocycles. The molecule has 0 amide bonds. The molecule has 0 aliphatic heterocycles. The van der Waals surface area contributed by atoms with Gasteiger partial charge in [0.1, 0.15) is 5.75 Å². The molecule has 2 aromatic rings. The maximum atomic E-state index is 5.30. The van der Waals surface area contributed by atoms with Gasteiger partial charge in [0.25, 0.3) is 0 Å². The van der Waals surface area contributed by atoms with Crippen LogP contribution in [0.25, 0.3) is 0 Å². The number of nitrogens with zero attached hydrogens (tertiary/aromatic N) is 1. The molecule has 2 rings (SSSR count). The number of rotatable bonds is 4. The first-order valence-electron chi connectivity index (χ1n) is 6.58. The number of anilines is 3. The van der Waals surface area contributed by atoms with E-state index in [-0.39, 0.29) is 0 Å². The summed E-state index contributed by atoms with van der Waals surface area (Å²) in [6.07, 6.45) is 0. The Morgan fingerprint density at radius 2 is 1.38 bits per heavy atom. The first kappa shape index (κ1) is 15.1. The summed E-state index contributed by atoms with van der Waals surface area (Å²) in [7, 11) is 5.67. The smallest absolute Gasteiger partial charge is 0.175 e. The van der Waals surface area contributed by atoms with E-state index in [0.717, 1.165) is 22.8 Å². The highest BCUT2D eigenvalue weighted by molar-refractivity contribution is 7.80. The molecular weight excluding hydrogens is 282 g/mol. The van der Waals surface area contributed by atoms with Crippen molar-refractivity contribution in [3.05, 3.63) is 48.5 Å². The number of benzene rings is 2. The van der Waals surface area contributed by atoms with Gasteiger partial charge in [-0.25, -0.2) is 0 Å². The predicted octanol–water partition coefficient (Wildman–Crippen LogP) is 3.57. The fourth-order valence-corrected chi connectivity index (χ4v) is 2.05. The molecule has 0 spiro atoms. The quantitative estimate of drug-likeness (QED) is 0.844. The molecular formula is C16H19N3OS. The van der Waals surface area contributed by atoms with Gasteiger partial charge in [0.05, 0.1) is 7.11 Å². The van der Waals surface area contributed by atoms with Gasteiger partial charge in [-0.05, 0) is 60.7 Å². The van der Waals surface area contributed by atoms with E-state index in [0.29, 0.717) is 5.11 Å². The van der Waals surface area contributed by atoms with E-state index in [1.165, 1.54) is 0 Å². The third kappa shape index (κ3) is 4.36. The lowest BCUT2D eigenvalue weighted by Crippen LogP contribution is -2.19. The monoisotopic (exact) mass is 301 g/mol. The van der Waals surface area contributed by atoms with Crippen molar-refractivity contribution in [3.63, 3.8) is 0 Å².